The first-order valence-electron chi connectivity index (χ1n) is 4.83. The molecule has 3 nitrogen and oxygen atoms in total. The van der Waals surface area contributed by atoms with Gasteiger partial charge in [0.1, 0.15) is 0 Å². The van der Waals surface area contributed by atoms with Gasteiger partial charge in [-0.15, -0.1) is 0 Å². The molecule has 1 rings (SSSR count). The van der Waals surface area contributed by atoms with Gasteiger partial charge in [-0.2, -0.15) is 5.10 Å². The molecule has 0 amide bonds. The average molecular weight is 199 g/mol. The fraction of sp³-hybridized carbons (Fsp3) is 0.778. The molecule has 0 spiro atoms. The Morgan fingerprint density at radius 3 is 3.15 bits per heavy atom. The van der Waals surface area contributed by atoms with Crippen molar-refractivity contribution < 1.29 is 0 Å². The second-order valence-corrected chi connectivity index (χ2v) is 3.96. The summed E-state index contributed by atoms with van der Waals surface area (Å²) in [7, 11) is 0. The summed E-state index contributed by atoms with van der Waals surface area (Å²) in [5, 5.41) is 4.44. The summed E-state index contributed by atoms with van der Waals surface area (Å²) in [6.07, 6.45) is 6.02. The lowest BCUT2D eigenvalue weighted by Crippen LogP contribution is -2.27. The molecule has 0 radical (unpaired) electrons. The van der Waals surface area contributed by atoms with Crippen LogP contribution in [0.15, 0.2) is 5.10 Å². The van der Waals surface area contributed by atoms with Gasteiger partial charge < -0.3 is 5.73 Å². The molecular weight excluding hydrogens is 182 g/mol. The Hall–Kier alpha value is -0.640. The van der Waals surface area contributed by atoms with Crippen LogP contribution in [0.5, 0.6) is 0 Å². The van der Waals surface area contributed by atoms with E-state index in [0.717, 1.165) is 18.8 Å². The fourth-order valence-electron chi connectivity index (χ4n) is 1.72. The molecular formula is C9H17N3S. The monoisotopic (exact) mass is 199 g/mol. The molecule has 1 saturated carbocycles. The number of thiocarbonyl (C=S) groups is 1. The van der Waals surface area contributed by atoms with E-state index in [2.05, 4.69) is 29.7 Å². The minimum atomic E-state index is 0.256. The van der Waals surface area contributed by atoms with Gasteiger partial charge in [0.05, 0.1) is 0 Å². The van der Waals surface area contributed by atoms with Crippen LogP contribution in [0.2, 0.25) is 0 Å². The van der Waals surface area contributed by atoms with Crippen molar-refractivity contribution in [3.8, 4) is 0 Å². The fourth-order valence-corrected chi connectivity index (χ4v) is 1.76. The Labute approximate surface area is 84.8 Å². The van der Waals surface area contributed by atoms with Gasteiger partial charge in [-0.05, 0) is 43.8 Å². The second kappa shape index (κ2) is 5.17. The van der Waals surface area contributed by atoms with Crippen molar-refractivity contribution in [1.29, 1.82) is 0 Å². The minimum Gasteiger partial charge on any atom is -0.375 e. The minimum absolute atomic E-state index is 0.256. The van der Waals surface area contributed by atoms with Crippen LogP contribution in [0.4, 0.5) is 0 Å². The van der Waals surface area contributed by atoms with Crippen molar-refractivity contribution in [1.82, 2.24) is 5.43 Å². The summed E-state index contributed by atoms with van der Waals surface area (Å²) in [6.45, 7) is 2.23. The Bertz CT molecular complexity index is 213. The molecule has 3 N–H and O–H groups in total. The summed E-state index contributed by atoms with van der Waals surface area (Å²) < 4.78 is 0. The molecule has 0 saturated heterocycles. The molecule has 74 valence electrons. The van der Waals surface area contributed by atoms with Gasteiger partial charge >= 0.3 is 0 Å². The normalized spacial score (nSPS) is 25.9. The molecule has 13 heavy (non-hydrogen) atoms. The van der Waals surface area contributed by atoms with Crippen LogP contribution < -0.4 is 11.2 Å². The first-order chi connectivity index (χ1) is 6.22. The van der Waals surface area contributed by atoms with Gasteiger partial charge in [-0.25, -0.2) is 0 Å². The first kappa shape index (κ1) is 10.4. The van der Waals surface area contributed by atoms with Gasteiger partial charge in [0.25, 0.3) is 0 Å². The molecule has 0 aromatic heterocycles. The predicted octanol–water partition coefficient (Wildman–Crippen LogP) is 1.78. The van der Waals surface area contributed by atoms with Crippen LogP contribution in [0, 0.1) is 5.92 Å². The largest absolute Gasteiger partial charge is 0.375 e. The number of hydrazone groups is 1. The van der Waals surface area contributed by atoms with Crippen LogP contribution in [-0.4, -0.2) is 10.8 Å². The summed E-state index contributed by atoms with van der Waals surface area (Å²) in [5.41, 5.74) is 9.16. The standard InChI is InChI=1S/C9H17N3S/c1-2-7-4-3-5-8(6-7)11-12-9(10)13/h7H,2-6H2,1H3,(H3,10,12,13). The molecule has 1 unspecified atom stereocenters. The van der Waals surface area contributed by atoms with Crippen LogP contribution >= 0.6 is 12.2 Å². The van der Waals surface area contributed by atoms with E-state index in [1.54, 1.807) is 0 Å². The Morgan fingerprint density at radius 1 is 1.77 bits per heavy atom. The van der Waals surface area contributed by atoms with Crippen LogP contribution in [0.1, 0.15) is 39.0 Å². The number of hydrogen-bond donors (Lipinski definition) is 2. The molecule has 0 aromatic carbocycles. The quantitative estimate of drug-likeness (QED) is 0.526. The van der Waals surface area contributed by atoms with Crippen molar-refractivity contribution in [3.05, 3.63) is 0 Å². The lowest BCUT2D eigenvalue weighted by atomic mass is 9.86. The van der Waals surface area contributed by atoms with Gasteiger partial charge in [-0.3, -0.25) is 5.43 Å². The highest BCUT2D eigenvalue weighted by molar-refractivity contribution is 7.80. The van der Waals surface area contributed by atoms with E-state index < -0.39 is 0 Å². The van der Waals surface area contributed by atoms with Crippen LogP contribution in [0.3, 0.4) is 0 Å². The third kappa shape index (κ3) is 3.72. The van der Waals surface area contributed by atoms with Gasteiger partial charge in [0.2, 0.25) is 0 Å². The molecule has 1 fully saturated rings. The SMILES string of the molecule is CCC1CCCC(=NNC(N)=S)C1. The van der Waals surface area contributed by atoms with Crippen molar-refractivity contribution in [2.75, 3.05) is 0 Å². The van der Waals surface area contributed by atoms with E-state index in [0.29, 0.717) is 0 Å². The van der Waals surface area contributed by atoms with Crippen molar-refractivity contribution in [2.45, 2.75) is 39.0 Å². The summed E-state index contributed by atoms with van der Waals surface area (Å²) >= 11 is 4.68. The molecule has 0 heterocycles. The third-order valence-corrected chi connectivity index (χ3v) is 2.59. The number of nitrogens with zero attached hydrogens (tertiary/aromatic N) is 1. The maximum Gasteiger partial charge on any atom is 0.184 e. The highest BCUT2D eigenvalue weighted by Gasteiger charge is 2.16. The maximum atomic E-state index is 5.29. The molecule has 1 aliphatic carbocycles. The van der Waals surface area contributed by atoms with Crippen molar-refractivity contribution in [2.24, 2.45) is 16.8 Å². The maximum absolute atomic E-state index is 5.29. The van der Waals surface area contributed by atoms with Gasteiger partial charge in [0, 0.05) is 5.71 Å². The highest BCUT2D eigenvalue weighted by Crippen LogP contribution is 2.24. The second-order valence-electron chi connectivity index (χ2n) is 3.52. The van der Waals surface area contributed by atoms with Crippen molar-refractivity contribution in [3.63, 3.8) is 0 Å². The van der Waals surface area contributed by atoms with Gasteiger partial charge in [-0.1, -0.05) is 13.3 Å². The lowest BCUT2D eigenvalue weighted by molar-refractivity contribution is 0.445. The molecule has 1 aliphatic rings. The number of rotatable bonds is 2. The van der Waals surface area contributed by atoms with Crippen LogP contribution in [0.25, 0.3) is 0 Å². The van der Waals surface area contributed by atoms with E-state index >= 15 is 0 Å². The smallest absolute Gasteiger partial charge is 0.184 e. The van der Waals surface area contributed by atoms with Crippen molar-refractivity contribution >= 4 is 23.0 Å². The van der Waals surface area contributed by atoms with E-state index in [1.807, 2.05) is 0 Å². The Balaban J connectivity index is 2.41. The average Bonchev–Trinajstić information content (AvgIpc) is 2.15. The lowest BCUT2D eigenvalue weighted by Gasteiger charge is -2.21. The molecule has 0 bridgehead atoms. The molecule has 0 aromatic rings. The first-order valence-corrected chi connectivity index (χ1v) is 5.24. The topological polar surface area (TPSA) is 50.4 Å². The Kier molecular flexibility index (Phi) is 4.15. The third-order valence-electron chi connectivity index (χ3n) is 2.50. The van der Waals surface area contributed by atoms with E-state index in [-0.39, 0.29) is 5.11 Å². The predicted molar refractivity (Wildman–Crippen MR) is 59.6 cm³/mol. The number of nitrogens with one attached hydrogen (secondary N) is 1. The zero-order valence-corrected chi connectivity index (χ0v) is 8.86. The zero-order valence-electron chi connectivity index (χ0n) is 8.05. The summed E-state index contributed by atoms with van der Waals surface area (Å²) in [6, 6.07) is 0. The zero-order chi connectivity index (χ0) is 9.68. The van der Waals surface area contributed by atoms with Crippen LogP contribution in [-0.2, 0) is 0 Å². The van der Waals surface area contributed by atoms with Gasteiger partial charge in [0.15, 0.2) is 5.11 Å². The molecule has 0 aliphatic heterocycles. The van der Waals surface area contributed by atoms with E-state index in [1.165, 1.54) is 25.0 Å². The highest BCUT2D eigenvalue weighted by atomic mass is 32.1. The van der Waals surface area contributed by atoms with E-state index in [9.17, 15) is 0 Å². The summed E-state index contributed by atoms with van der Waals surface area (Å²) in [5.74, 6) is 0.806. The summed E-state index contributed by atoms with van der Waals surface area (Å²) in [4.78, 5) is 0. The Morgan fingerprint density at radius 2 is 2.54 bits per heavy atom. The number of hydrogen-bond acceptors (Lipinski definition) is 2. The number of nitrogens with two attached hydrogens (primary N) is 1. The molecule has 4 heteroatoms. The van der Waals surface area contributed by atoms with E-state index in [4.69, 9.17) is 5.73 Å². The molecule has 1 atom stereocenters.